The minimum Gasteiger partial charge on any atom is -0.468 e. The average Bonchev–Trinajstić information content (AvgIpc) is 3.01. The lowest BCUT2D eigenvalue weighted by Crippen LogP contribution is -2.33. The maximum absolute atomic E-state index is 11.6. The molecular weight excluding hydrogens is 376 g/mol. The van der Waals surface area contributed by atoms with E-state index in [0.29, 0.717) is 24.3 Å². The number of alkyl carbamates (subject to hydrolysis) is 1. The molecule has 2 aromatic rings. The van der Waals surface area contributed by atoms with Crippen molar-refractivity contribution in [3.63, 3.8) is 0 Å². The van der Waals surface area contributed by atoms with E-state index in [0.717, 1.165) is 16.7 Å². The number of nitrogens with two attached hydrogens (primary N) is 1. The second-order valence-corrected chi connectivity index (χ2v) is 6.76. The number of hydrogen-bond acceptors (Lipinski definition) is 7. The van der Waals surface area contributed by atoms with Gasteiger partial charge in [-0.2, -0.15) is 0 Å². The monoisotopic (exact) mass is 398 g/mol. The van der Waals surface area contributed by atoms with Crippen LogP contribution in [0.2, 0.25) is 0 Å². The fraction of sp³-hybridized carbons (Fsp3) is 0.286. The number of ether oxygens (including phenoxy) is 3. The van der Waals surface area contributed by atoms with Crippen LogP contribution in [0.3, 0.4) is 0 Å². The lowest BCUT2D eigenvalue weighted by molar-refractivity contribution is -0.142. The zero-order valence-electron chi connectivity index (χ0n) is 16.1. The Kier molecular flexibility index (Phi) is 6.13. The molecule has 29 heavy (non-hydrogen) atoms. The van der Waals surface area contributed by atoms with Crippen LogP contribution in [0.25, 0.3) is 0 Å². The number of imide groups is 1. The van der Waals surface area contributed by atoms with Crippen LogP contribution in [0.4, 0.5) is 4.79 Å². The van der Waals surface area contributed by atoms with Gasteiger partial charge >= 0.3 is 12.1 Å². The van der Waals surface area contributed by atoms with Crippen LogP contribution in [0, 0.1) is 6.92 Å². The fourth-order valence-corrected chi connectivity index (χ4v) is 3.00. The van der Waals surface area contributed by atoms with E-state index >= 15 is 0 Å². The number of methoxy groups -OCH3 is 1. The number of nitrogens with one attached hydrogen (secondary N) is 1. The number of cyclic esters (lactones) is 1. The lowest BCUT2D eigenvalue weighted by Gasteiger charge is -2.13. The van der Waals surface area contributed by atoms with E-state index in [1.807, 2.05) is 37.3 Å². The van der Waals surface area contributed by atoms with Gasteiger partial charge in [-0.05, 0) is 54.3 Å². The number of carbonyl (C=O) groups is 3. The van der Waals surface area contributed by atoms with Gasteiger partial charge in [-0.25, -0.2) is 4.79 Å². The highest BCUT2D eigenvalue weighted by Gasteiger charge is 2.32. The Morgan fingerprint density at radius 2 is 1.86 bits per heavy atom. The van der Waals surface area contributed by atoms with Gasteiger partial charge in [-0.15, -0.1) is 0 Å². The summed E-state index contributed by atoms with van der Waals surface area (Å²) in [6, 6.07) is 12.0. The molecule has 0 aliphatic carbocycles. The zero-order chi connectivity index (χ0) is 21.0. The van der Waals surface area contributed by atoms with Crippen LogP contribution in [0.15, 0.2) is 42.5 Å². The molecule has 2 atom stereocenters. The van der Waals surface area contributed by atoms with Gasteiger partial charge in [0.25, 0.3) is 5.91 Å². The number of aryl methyl sites for hydroxylation is 1. The summed E-state index contributed by atoms with van der Waals surface area (Å²) in [5.74, 6) is 0.391. The van der Waals surface area contributed by atoms with Crippen molar-refractivity contribution < 1.29 is 28.6 Å². The standard InChI is InChI=1S/C21H22N2O6/c1-12-9-16(8-5-14(12)11-17(22)20(25)27-2)28-15-6-3-13(4-7-15)10-18-19(24)23-21(26)29-18/h3-9,17-18H,10-11,22H2,1-2H3,(H,23,24,26). The van der Waals surface area contributed by atoms with E-state index < -0.39 is 30.1 Å². The Morgan fingerprint density at radius 3 is 2.45 bits per heavy atom. The fourth-order valence-electron chi connectivity index (χ4n) is 3.00. The molecule has 2 unspecified atom stereocenters. The third kappa shape index (κ3) is 5.11. The molecule has 0 radical (unpaired) electrons. The van der Waals surface area contributed by atoms with Crippen molar-refractivity contribution in [2.75, 3.05) is 7.11 Å². The molecule has 1 heterocycles. The van der Waals surface area contributed by atoms with Gasteiger partial charge in [0, 0.05) is 6.42 Å². The number of esters is 1. The molecule has 2 amide bonds. The van der Waals surface area contributed by atoms with E-state index in [-0.39, 0.29) is 0 Å². The van der Waals surface area contributed by atoms with Gasteiger partial charge in [0.1, 0.15) is 17.5 Å². The summed E-state index contributed by atoms with van der Waals surface area (Å²) in [7, 11) is 1.31. The van der Waals surface area contributed by atoms with Crippen molar-refractivity contribution in [2.24, 2.45) is 5.73 Å². The normalized spacial score (nSPS) is 16.7. The van der Waals surface area contributed by atoms with Crippen LogP contribution < -0.4 is 15.8 Å². The van der Waals surface area contributed by atoms with E-state index in [2.05, 4.69) is 10.1 Å². The Labute approximate surface area is 167 Å². The molecule has 1 aliphatic rings. The number of carbonyl (C=O) groups excluding carboxylic acids is 3. The van der Waals surface area contributed by atoms with Crippen LogP contribution in [0.5, 0.6) is 11.5 Å². The summed E-state index contributed by atoms with van der Waals surface area (Å²) in [4.78, 5) is 34.1. The van der Waals surface area contributed by atoms with Crippen LogP contribution in [-0.2, 0) is 31.9 Å². The zero-order valence-corrected chi connectivity index (χ0v) is 16.1. The number of hydrogen-bond donors (Lipinski definition) is 2. The molecule has 1 aliphatic heterocycles. The molecule has 1 fully saturated rings. The second-order valence-electron chi connectivity index (χ2n) is 6.76. The van der Waals surface area contributed by atoms with Crippen molar-refractivity contribution in [3.05, 3.63) is 59.2 Å². The van der Waals surface area contributed by atoms with Gasteiger partial charge in [0.2, 0.25) is 0 Å². The quantitative estimate of drug-likeness (QED) is 0.685. The minimum absolute atomic E-state index is 0.298. The first-order valence-electron chi connectivity index (χ1n) is 9.07. The Balaban J connectivity index is 1.61. The highest BCUT2D eigenvalue weighted by Crippen LogP contribution is 2.25. The van der Waals surface area contributed by atoms with Crippen molar-refractivity contribution >= 4 is 18.0 Å². The SMILES string of the molecule is COC(=O)C(N)Cc1ccc(Oc2ccc(CC3OC(=O)NC3=O)cc2)cc1C. The molecule has 0 aromatic heterocycles. The van der Waals surface area contributed by atoms with Crippen molar-refractivity contribution in [1.29, 1.82) is 0 Å². The average molecular weight is 398 g/mol. The highest BCUT2D eigenvalue weighted by atomic mass is 16.6. The van der Waals surface area contributed by atoms with Gasteiger partial charge < -0.3 is 19.9 Å². The van der Waals surface area contributed by atoms with Gasteiger partial charge in [0.05, 0.1) is 7.11 Å². The van der Waals surface area contributed by atoms with Crippen molar-refractivity contribution in [3.8, 4) is 11.5 Å². The van der Waals surface area contributed by atoms with E-state index in [1.54, 1.807) is 12.1 Å². The Bertz CT molecular complexity index is 925. The third-order valence-corrected chi connectivity index (χ3v) is 4.60. The van der Waals surface area contributed by atoms with Crippen molar-refractivity contribution in [2.45, 2.75) is 31.9 Å². The molecule has 1 saturated heterocycles. The molecule has 3 N–H and O–H groups in total. The largest absolute Gasteiger partial charge is 0.468 e. The molecule has 152 valence electrons. The Hall–Kier alpha value is -3.39. The molecule has 8 nitrogen and oxygen atoms in total. The molecule has 0 spiro atoms. The summed E-state index contributed by atoms with van der Waals surface area (Å²) in [5, 5.41) is 2.10. The molecule has 2 aromatic carbocycles. The lowest BCUT2D eigenvalue weighted by atomic mass is 10.0. The summed E-state index contributed by atoms with van der Waals surface area (Å²) >= 11 is 0. The van der Waals surface area contributed by atoms with E-state index in [9.17, 15) is 14.4 Å². The first-order chi connectivity index (χ1) is 13.9. The van der Waals surface area contributed by atoms with Gasteiger partial charge in [-0.1, -0.05) is 18.2 Å². The highest BCUT2D eigenvalue weighted by molar-refractivity contribution is 6.00. The molecule has 0 saturated carbocycles. The summed E-state index contributed by atoms with van der Waals surface area (Å²) in [6.07, 6.45) is -0.842. The predicted octanol–water partition coefficient (Wildman–Crippen LogP) is 2.01. The summed E-state index contributed by atoms with van der Waals surface area (Å²) in [6.45, 7) is 1.92. The third-order valence-electron chi connectivity index (χ3n) is 4.60. The summed E-state index contributed by atoms with van der Waals surface area (Å²) < 4.78 is 15.4. The Morgan fingerprint density at radius 1 is 1.17 bits per heavy atom. The van der Waals surface area contributed by atoms with Gasteiger partial charge in [-0.3, -0.25) is 14.9 Å². The first kappa shape index (κ1) is 20.3. The molecule has 0 bridgehead atoms. The number of amides is 2. The van der Waals surface area contributed by atoms with Crippen molar-refractivity contribution in [1.82, 2.24) is 5.32 Å². The second kappa shape index (κ2) is 8.74. The van der Waals surface area contributed by atoms with Crippen LogP contribution >= 0.6 is 0 Å². The summed E-state index contributed by atoms with van der Waals surface area (Å²) in [5.41, 5.74) is 8.55. The maximum atomic E-state index is 11.6. The van der Waals surface area contributed by atoms with Gasteiger partial charge in [0.15, 0.2) is 6.10 Å². The predicted molar refractivity (Wildman–Crippen MR) is 104 cm³/mol. The number of benzene rings is 2. The molecular formula is C21H22N2O6. The first-order valence-corrected chi connectivity index (χ1v) is 9.07. The molecule has 8 heteroatoms. The number of rotatable bonds is 7. The van der Waals surface area contributed by atoms with E-state index in [4.69, 9.17) is 15.2 Å². The minimum atomic E-state index is -0.805. The maximum Gasteiger partial charge on any atom is 0.414 e. The van der Waals surface area contributed by atoms with Crippen LogP contribution in [-0.4, -0.2) is 37.2 Å². The molecule has 3 rings (SSSR count). The smallest absolute Gasteiger partial charge is 0.414 e. The van der Waals surface area contributed by atoms with Crippen LogP contribution in [0.1, 0.15) is 16.7 Å². The topological polar surface area (TPSA) is 117 Å². The van der Waals surface area contributed by atoms with E-state index in [1.165, 1.54) is 7.11 Å².